The van der Waals surface area contributed by atoms with E-state index in [-0.39, 0.29) is 6.10 Å². The van der Waals surface area contributed by atoms with E-state index in [1.165, 1.54) is 11.4 Å². The highest BCUT2D eigenvalue weighted by molar-refractivity contribution is 7.80. The fourth-order valence-corrected chi connectivity index (χ4v) is 2.95. The maximum atomic E-state index is 5.55. The summed E-state index contributed by atoms with van der Waals surface area (Å²) >= 11 is 5.23. The van der Waals surface area contributed by atoms with Gasteiger partial charge in [0, 0.05) is 36.6 Å². The third-order valence-corrected chi connectivity index (χ3v) is 4.28. The SMILES string of the molecule is Cc1cc(/C=N\NC(=S)NC[C@H]2CCCO2)c(C)n1CC(C)C. The Bertz CT molecular complexity index is 559. The van der Waals surface area contributed by atoms with Gasteiger partial charge in [-0.2, -0.15) is 5.10 Å². The van der Waals surface area contributed by atoms with Crippen molar-refractivity contribution in [3.63, 3.8) is 0 Å². The number of nitrogens with zero attached hydrogens (tertiary/aromatic N) is 2. The van der Waals surface area contributed by atoms with Gasteiger partial charge in [0.2, 0.25) is 0 Å². The lowest BCUT2D eigenvalue weighted by atomic mass is 10.2. The average molecular weight is 337 g/mol. The zero-order chi connectivity index (χ0) is 16.8. The zero-order valence-electron chi connectivity index (χ0n) is 14.6. The van der Waals surface area contributed by atoms with E-state index in [0.717, 1.165) is 38.1 Å². The van der Waals surface area contributed by atoms with E-state index < -0.39 is 0 Å². The number of ether oxygens (including phenoxy) is 1. The van der Waals surface area contributed by atoms with Gasteiger partial charge in [0.15, 0.2) is 5.11 Å². The summed E-state index contributed by atoms with van der Waals surface area (Å²) in [5.74, 6) is 0.622. The summed E-state index contributed by atoms with van der Waals surface area (Å²) in [6, 6.07) is 2.16. The van der Waals surface area contributed by atoms with Crippen LogP contribution < -0.4 is 10.7 Å². The van der Waals surface area contributed by atoms with Crippen LogP contribution >= 0.6 is 12.2 Å². The highest BCUT2D eigenvalue weighted by Gasteiger charge is 2.15. The molecule has 0 aliphatic carbocycles. The molecule has 2 rings (SSSR count). The summed E-state index contributed by atoms with van der Waals surface area (Å²) < 4.78 is 7.88. The molecule has 6 heteroatoms. The molecule has 2 N–H and O–H groups in total. The number of hydrazone groups is 1. The van der Waals surface area contributed by atoms with Crippen LogP contribution in [0.5, 0.6) is 0 Å². The molecule has 0 spiro atoms. The highest BCUT2D eigenvalue weighted by atomic mass is 32.1. The Morgan fingerprint density at radius 2 is 2.30 bits per heavy atom. The van der Waals surface area contributed by atoms with Gasteiger partial charge >= 0.3 is 0 Å². The Labute approximate surface area is 144 Å². The first-order valence-corrected chi connectivity index (χ1v) is 8.73. The van der Waals surface area contributed by atoms with Crippen LogP contribution in [0.1, 0.15) is 43.6 Å². The van der Waals surface area contributed by atoms with Gasteiger partial charge in [0.1, 0.15) is 0 Å². The van der Waals surface area contributed by atoms with Crippen molar-refractivity contribution in [1.29, 1.82) is 0 Å². The van der Waals surface area contributed by atoms with Gasteiger partial charge in [-0.05, 0) is 50.9 Å². The quantitative estimate of drug-likeness (QED) is 0.476. The van der Waals surface area contributed by atoms with Crippen molar-refractivity contribution in [3.05, 3.63) is 23.0 Å². The summed E-state index contributed by atoms with van der Waals surface area (Å²) in [5, 5.41) is 7.93. The molecule has 0 bridgehead atoms. The van der Waals surface area contributed by atoms with Crippen LogP contribution in [0, 0.1) is 19.8 Å². The molecule has 0 saturated carbocycles. The van der Waals surface area contributed by atoms with Crippen LogP contribution in [0.4, 0.5) is 0 Å². The third kappa shape index (κ3) is 5.32. The minimum atomic E-state index is 0.272. The molecular weight excluding hydrogens is 308 g/mol. The number of hydrogen-bond donors (Lipinski definition) is 2. The fourth-order valence-electron chi connectivity index (χ4n) is 2.82. The number of nitrogens with one attached hydrogen (secondary N) is 2. The molecule has 1 fully saturated rings. The highest BCUT2D eigenvalue weighted by Crippen LogP contribution is 2.15. The van der Waals surface area contributed by atoms with E-state index in [1.807, 2.05) is 6.21 Å². The summed E-state index contributed by atoms with van der Waals surface area (Å²) in [4.78, 5) is 0. The minimum absolute atomic E-state index is 0.272. The smallest absolute Gasteiger partial charge is 0.187 e. The van der Waals surface area contributed by atoms with Crippen molar-refractivity contribution in [2.75, 3.05) is 13.2 Å². The van der Waals surface area contributed by atoms with Crippen LogP contribution in [-0.2, 0) is 11.3 Å². The Hall–Kier alpha value is -1.40. The number of aromatic nitrogens is 1. The molecule has 1 aliphatic heterocycles. The van der Waals surface area contributed by atoms with Gasteiger partial charge in [0.05, 0.1) is 12.3 Å². The van der Waals surface area contributed by atoms with Crippen LogP contribution in [0.3, 0.4) is 0 Å². The van der Waals surface area contributed by atoms with E-state index in [9.17, 15) is 0 Å². The van der Waals surface area contributed by atoms with Crippen molar-refractivity contribution < 1.29 is 4.74 Å². The van der Waals surface area contributed by atoms with Crippen LogP contribution in [-0.4, -0.2) is 35.1 Å². The van der Waals surface area contributed by atoms with Gasteiger partial charge in [-0.25, -0.2) is 0 Å². The first-order valence-electron chi connectivity index (χ1n) is 8.32. The second-order valence-corrected chi connectivity index (χ2v) is 6.95. The molecule has 0 aromatic carbocycles. The van der Waals surface area contributed by atoms with Gasteiger partial charge < -0.3 is 14.6 Å². The predicted molar refractivity (Wildman–Crippen MR) is 99.0 cm³/mol. The Morgan fingerprint density at radius 3 is 2.96 bits per heavy atom. The summed E-state index contributed by atoms with van der Waals surface area (Å²) in [6.45, 7) is 11.3. The van der Waals surface area contributed by atoms with E-state index in [4.69, 9.17) is 17.0 Å². The summed E-state index contributed by atoms with van der Waals surface area (Å²) in [5.41, 5.74) is 6.50. The molecule has 0 amide bonds. The van der Waals surface area contributed by atoms with E-state index in [2.05, 4.69) is 54.2 Å². The average Bonchev–Trinajstić information content (AvgIpc) is 3.09. The van der Waals surface area contributed by atoms with Gasteiger partial charge in [-0.15, -0.1) is 0 Å². The normalized spacial score (nSPS) is 18.0. The van der Waals surface area contributed by atoms with Crippen LogP contribution in [0.2, 0.25) is 0 Å². The number of thiocarbonyl (C=S) groups is 1. The number of hydrogen-bond acceptors (Lipinski definition) is 3. The van der Waals surface area contributed by atoms with Gasteiger partial charge in [0.25, 0.3) is 0 Å². The van der Waals surface area contributed by atoms with Crippen molar-refractivity contribution in [3.8, 4) is 0 Å². The standard InChI is InChI=1S/C17H28N4OS/c1-12(2)11-21-13(3)8-15(14(21)4)9-19-20-17(23)18-10-16-6-5-7-22-16/h8-9,12,16H,5-7,10-11H2,1-4H3,(H2,18,20,23)/b19-9-/t16-/m1/s1. The maximum absolute atomic E-state index is 5.55. The van der Waals surface area contributed by atoms with Crippen molar-refractivity contribution in [2.45, 2.75) is 53.2 Å². The van der Waals surface area contributed by atoms with E-state index >= 15 is 0 Å². The maximum Gasteiger partial charge on any atom is 0.187 e. The molecule has 0 radical (unpaired) electrons. The van der Waals surface area contributed by atoms with Gasteiger partial charge in [-0.3, -0.25) is 5.43 Å². The molecule has 5 nitrogen and oxygen atoms in total. The topological polar surface area (TPSA) is 50.6 Å². The Balaban J connectivity index is 1.83. The summed E-state index contributed by atoms with van der Waals surface area (Å²) in [7, 11) is 0. The lowest BCUT2D eigenvalue weighted by Crippen LogP contribution is -2.37. The molecule has 1 aliphatic rings. The molecule has 128 valence electrons. The van der Waals surface area contributed by atoms with Crippen LogP contribution in [0.15, 0.2) is 11.2 Å². The van der Waals surface area contributed by atoms with Crippen molar-refractivity contribution in [1.82, 2.24) is 15.3 Å². The van der Waals surface area contributed by atoms with Crippen LogP contribution in [0.25, 0.3) is 0 Å². The molecule has 0 unspecified atom stereocenters. The van der Waals surface area contributed by atoms with Crippen molar-refractivity contribution >= 4 is 23.5 Å². The lowest BCUT2D eigenvalue weighted by molar-refractivity contribution is 0.114. The second-order valence-electron chi connectivity index (χ2n) is 6.55. The third-order valence-electron chi connectivity index (χ3n) is 4.04. The Kier molecular flexibility index (Phi) is 6.59. The first kappa shape index (κ1) is 17.9. The molecule has 1 aromatic rings. The monoisotopic (exact) mass is 336 g/mol. The molecular formula is C17H28N4OS. The van der Waals surface area contributed by atoms with E-state index in [0.29, 0.717) is 11.0 Å². The second kappa shape index (κ2) is 8.45. The zero-order valence-corrected chi connectivity index (χ0v) is 15.4. The predicted octanol–water partition coefficient (Wildman–Crippen LogP) is 2.74. The lowest BCUT2D eigenvalue weighted by Gasteiger charge is -2.12. The first-order chi connectivity index (χ1) is 11.0. The molecule has 1 aromatic heterocycles. The molecule has 23 heavy (non-hydrogen) atoms. The number of aryl methyl sites for hydroxylation is 1. The molecule has 2 heterocycles. The molecule has 1 atom stereocenters. The number of rotatable bonds is 6. The largest absolute Gasteiger partial charge is 0.376 e. The minimum Gasteiger partial charge on any atom is -0.376 e. The summed E-state index contributed by atoms with van der Waals surface area (Å²) in [6.07, 6.45) is 4.34. The van der Waals surface area contributed by atoms with Gasteiger partial charge in [-0.1, -0.05) is 13.8 Å². The Morgan fingerprint density at radius 1 is 1.52 bits per heavy atom. The van der Waals surface area contributed by atoms with E-state index in [1.54, 1.807) is 0 Å². The molecule has 1 saturated heterocycles. The van der Waals surface area contributed by atoms with Crippen molar-refractivity contribution in [2.24, 2.45) is 11.0 Å². The fraction of sp³-hybridized carbons (Fsp3) is 0.647.